The lowest BCUT2D eigenvalue weighted by atomic mass is 9.98. The van der Waals surface area contributed by atoms with E-state index >= 15 is 0 Å². The molecule has 4 aromatic rings. The van der Waals surface area contributed by atoms with Crippen molar-refractivity contribution in [1.82, 2.24) is 0 Å². The van der Waals surface area contributed by atoms with Gasteiger partial charge in [0.15, 0.2) is 0 Å². The van der Waals surface area contributed by atoms with Gasteiger partial charge in [-0.1, -0.05) is 66.7 Å². The SMILES string of the molecule is CN1CN(c2ccccc2)c2c1c1ccccc1c1ccccc21. The standard InChI is InChI=1S/C22H18N2/c1-23-15-24(16-9-3-2-4-10-16)22-20-14-8-6-12-18(20)17-11-5-7-13-19(17)21(22)23/h2-14H,15H2,1H3. The second-order valence-electron chi connectivity index (χ2n) is 6.39. The highest BCUT2D eigenvalue weighted by Crippen LogP contribution is 2.49. The van der Waals surface area contributed by atoms with Crippen LogP contribution >= 0.6 is 0 Å². The minimum Gasteiger partial charge on any atom is -0.354 e. The number of hydrogen-bond acceptors (Lipinski definition) is 2. The summed E-state index contributed by atoms with van der Waals surface area (Å²) in [6.45, 7) is 0.872. The van der Waals surface area contributed by atoms with Crippen molar-refractivity contribution in [1.29, 1.82) is 0 Å². The second-order valence-corrected chi connectivity index (χ2v) is 6.39. The molecule has 1 aliphatic heterocycles. The van der Waals surface area contributed by atoms with Gasteiger partial charge < -0.3 is 9.80 Å². The maximum absolute atomic E-state index is 2.42. The number of anilines is 3. The van der Waals surface area contributed by atoms with Gasteiger partial charge >= 0.3 is 0 Å². The van der Waals surface area contributed by atoms with Crippen LogP contribution in [-0.2, 0) is 0 Å². The molecule has 1 heterocycles. The summed E-state index contributed by atoms with van der Waals surface area (Å²) >= 11 is 0. The van der Waals surface area contributed by atoms with Gasteiger partial charge in [-0.25, -0.2) is 0 Å². The molecule has 0 N–H and O–H groups in total. The highest BCUT2D eigenvalue weighted by Gasteiger charge is 2.29. The normalized spacial score (nSPS) is 13.7. The highest BCUT2D eigenvalue weighted by molar-refractivity contribution is 6.22. The monoisotopic (exact) mass is 310 g/mol. The predicted molar refractivity (Wildman–Crippen MR) is 103 cm³/mol. The Morgan fingerprint density at radius 1 is 0.583 bits per heavy atom. The molecule has 0 aliphatic carbocycles. The Kier molecular flexibility index (Phi) is 2.80. The van der Waals surface area contributed by atoms with Crippen molar-refractivity contribution >= 4 is 38.6 Å². The van der Waals surface area contributed by atoms with Crippen LogP contribution in [0.1, 0.15) is 0 Å². The van der Waals surface area contributed by atoms with Crippen LogP contribution in [0.5, 0.6) is 0 Å². The van der Waals surface area contributed by atoms with Crippen LogP contribution in [0.2, 0.25) is 0 Å². The van der Waals surface area contributed by atoms with Crippen molar-refractivity contribution in [3.63, 3.8) is 0 Å². The van der Waals surface area contributed by atoms with E-state index in [1.165, 1.54) is 38.6 Å². The first kappa shape index (κ1) is 13.4. The van der Waals surface area contributed by atoms with Crippen molar-refractivity contribution in [2.45, 2.75) is 0 Å². The Balaban J connectivity index is 1.93. The van der Waals surface area contributed by atoms with Crippen molar-refractivity contribution in [2.24, 2.45) is 0 Å². The molecule has 24 heavy (non-hydrogen) atoms. The molecule has 1 aliphatic rings. The molecular formula is C22H18N2. The molecule has 4 aromatic carbocycles. The van der Waals surface area contributed by atoms with E-state index in [-0.39, 0.29) is 0 Å². The van der Waals surface area contributed by atoms with Gasteiger partial charge in [-0.3, -0.25) is 0 Å². The fourth-order valence-electron chi connectivity index (χ4n) is 3.94. The Labute approximate surface area is 141 Å². The molecule has 0 atom stereocenters. The minimum absolute atomic E-state index is 0.872. The van der Waals surface area contributed by atoms with Gasteiger partial charge in [-0.2, -0.15) is 0 Å². The molecular weight excluding hydrogens is 292 g/mol. The van der Waals surface area contributed by atoms with E-state index in [1.807, 2.05) is 0 Å². The maximum atomic E-state index is 2.42. The van der Waals surface area contributed by atoms with Crippen LogP contribution < -0.4 is 9.80 Å². The molecule has 5 rings (SSSR count). The molecule has 116 valence electrons. The zero-order chi connectivity index (χ0) is 16.1. The smallest absolute Gasteiger partial charge is 0.0950 e. The molecule has 2 nitrogen and oxygen atoms in total. The minimum atomic E-state index is 0.872. The number of fused-ring (bicyclic) bond motifs is 6. The number of para-hydroxylation sites is 1. The summed E-state index contributed by atoms with van der Waals surface area (Å²) in [7, 11) is 2.18. The molecule has 0 fully saturated rings. The van der Waals surface area contributed by atoms with E-state index in [2.05, 4.69) is 95.7 Å². The van der Waals surface area contributed by atoms with E-state index < -0.39 is 0 Å². The van der Waals surface area contributed by atoms with E-state index in [9.17, 15) is 0 Å². The maximum Gasteiger partial charge on any atom is 0.0950 e. The number of rotatable bonds is 1. The number of benzene rings is 4. The van der Waals surface area contributed by atoms with Gasteiger partial charge in [-0.05, 0) is 22.9 Å². The summed E-state index contributed by atoms with van der Waals surface area (Å²) in [4.78, 5) is 4.78. The second kappa shape index (κ2) is 5.00. The zero-order valence-electron chi connectivity index (χ0n) is 13.6. The van der Waals surface area contributed by atoms with Gasteiger partial charge in [0.1, 0.15) is 0 Å². The fraction of sp³-hybridized carbons (Fsp3) is 0.0909. The predicted octanol–water partition coefficient (Wildman–Crippen LogP) is 5.54. The summed E-state index contributed by atoms with van der Waals surface area (Å²) in [5, 5.41) is 5.29. The Morgan fingerprint density at radius 2 is 1.08 bits per heavy atom. The first-order valence-electron chi connectivity index (χ1n) is 8.32. The van der Waals surface area contributed by atoms with Crippen LogP contribution in [0.3, 0.4) is 0 Å². The zero-order valence-corrected chi connectivity index (χ0v) is 13.6. The molecule has 0 aromatic heterocycles. The molecule has 0 amide bonds. The van der Waals surface area contributed by atoms with Crippen LogP contribution in [0, 0.1) is 0 Å². The van der Waals surface area contributed by atoms with Gasteiger partial charge in [-0.15, -0.1) is 0 Å². The number of hydrogen-bond donors (Lipinski definition) is 0. The fourth-order valence-corrected chi connectivity index (χ4v) is 3.94. The van der Waals surface area contributed by atoms with Crippen molar-refractivity contribution in [2.75, 3.05) is 23.5 Å². The Hall–Kier alpha value is -3.00. The third kappa shape index (κ3) is 1.77. The lowest BCUT2D eigenvalue weighted by Crippen LogP contribution is -2.23. The van der Waals surface area contributed by atoms with Gasteiger partial charge in [0.2, 0.25) is 0 Å². The topological polar surface area (TPSA) is 6.48 Å². The highest BCUT2D eigenvalue weighted by atomic mass is 15.4. The molecule has 0 radical (unpaired) electrons. The van der Waals surface area contributed by atoms with Crippen LogP contribution in [0.15, 0.2) is 78.9 Å². The molecule has 0 saturated heterocycles. The largest absolute Gasteiger partial charge is 0.354 e. The van der Waals surface area contributed by atoms with Gasteiger partial charge in [0, 0.05) is 23.5 Å². The number of nitrogens with zero attached hydrogens (tertiary/aromatic N) is 2. The average Bonchev–Trinajstić information content (AvgIpc) is 3.01. The Morgan fingerprint density at radius 3 is 1.71 bits per heavy atom. The van der Waals surface area contributed by atoms with E-state index in [4.69, 9.17) is 0 Å². The first-order chi connectivity index (χ1) is 11.8. The molecule has 2 heteroatoms. The molecule has 0 bridgehead atoms. The summed E-state index contributed by atoms with van der Waals surface area (Å²) in [6.07, 6.45) is 0. The summed E-state index contributed by atoms with van der Waals surface area (Å²) < 4.78 is 0. The van der Waals surface area contributed by atoms with Crippen molar-refractivity contribution in [3.05, 3.63) is 78.9 Å². The van der Waals surface area contributed by atoms with Crippen LogP contribution in [0.4, 0.5) is 17.1 Å². The summed E-state index contributed by atoms with van der Waals surface area (Å²) in [6, 6.07) is 28.2. The van der Waals surface area contributed by atoms with Gasteiger partial charge in [0.25, 0.3) is 0 Å². The van der Waals surface area contributed by atoms with Crippen molar-refractivity contribution in [3.8, 4) is 0 Å². The summed E-state index contributed by atoms with van der Waals surface area (Å²) in [5.74, 6) is 0. The molecule has 0 saturated carbocycles. The third-order valence-corrected chi connectivity index (χ3v) is 4.95. The molecule has 0 unspecified atom stereocenters. The van der Waals surface area contributed by atoms with Gasteiger partial charge in [0.05, 0.1) is 18.0 Å². The van der Waals surface area contributed by atoms with E-state index in [0.29, 0.717) is 0 Å². The quantitative estimate of drug-likeness (QED) is 0.426. The lowest BCUT2D eigenvalue weighted by molar-refractivity contribution is 0.953. The summed E-state index contributed by atoms with van der Waals surface area (Å²) in [5.41, 5.74) is 3.88. The molecule has 0 spiro atoms. The third-order valence-electron chi connectivity index (χ3n) is 4.95. The van der Waals surface area contributed by atoms with Crippen LogP contribution in [0.25, 0.3) is 21.5 Å². The van der Waals surface area contributed by atoms with E-state index in [0.717, 1.165) is 6.67 Å². The van der Waals surface area contributed by atoms with Crippen molar-refractivity contribution < 1.29 is 0 Å². The van der Waals surface area contributed by atoms with Crippen LogP contribution in [-0.4, -0.2) is 13.7 Å². The lowest BCUT2D eigenvalue weighted by Gasteiger charge is -2.20. The average molecular weight is 310 g/mol. The van der Waals surface area contributed by atoms with E-state index in [1.54, 1.807) is 0 Å². The first-order valence-corrected chi connectivity index (χ1v) is 8.32. The Bertz CT molecular complexity index is 1050.